The quantitative estimate of drug-likeness (QED) is 0.669. The fraction of sp³-hybridized carbons (Fsp3) is 0.500. The number of nitrogens with zero attached hydrogens (tertiary/aromatic N) is 3. The van der Waals surface area contributed by atoms with E-state index < -0.39 is 0 Å². The molecule has 0 fully saturated rings. The molecule has 92 valence electrons. The molecule has 17 heavy (non-hydrogen) atoms. The van der Waals surface area contributed by atoms with Gasteiger partial charge in [-0.1, -0.05) is 11.3 Å². The van der Waals surface area contributed by atoms with Crippen molar-refractivity contribution in [1.29, 1.82) is 0 Å². The van der Waals surface area contributed by atoms with Crippen LogP contribution < -0.4 is 5.32 Å². The first-order valence-electron chi connectivity index (χ1n) is 5.33. The zero-order valence-corrected chi connectivity index (χ0v) is 11.2. The van der Waals surface area contributed by atoms with Gasteiger partial charge in [-0.15, -0.1) is 0 Å². The van der Waals surface area contributed by atoms with E-state index in [1.54, 1.807) is 0 Å². The number of aromatic nitrogens is 3. The highest BCUT2D eigenvalue weighted by molar-refractivity contribution is 7.21. The number of rotatable bonds is 5. The molecule has 1 N–H and O–H groups in total. The van der Waals surface area contributed by atoms with Gasteiger partial charge in [0.25, 0.3) is 0 Å². The maximum Gasteiger partial charge on any atom is 0.224 e. The lowest BCUT2D eigenvalue weighted by Gasteiger charge is -2.01. The molecule has 2 aromatic heterocycles. The Kier molecular flexibility index (Phi) is 4.09. The standard InChI is InChI=1S/C10H13ClN4OS/c1-3-16-5-4-12-10-14-7-6(2)13-9(11)15-8(7)17-10/h3-5H2,1-2H3,(H,12,14). The molecule has 0 saturated carbocycles. The molecule has 0 radical (unpaired) electrons. The highest BCUT2D eigenvalue weighted by Gasteiger charge is 2.09. The SMILES string of the molecule is CCOCCNc1nc2c(C)nc(Cl)nc2s1. The van der Waals surface area contributed by atoms with Crippen LogP contribution in [0.25, 0.3) is 10.3 Å². The minimum absolute atomic E-state index is 0.263. The average Bonchev–Trinajstić information content (AvgIpc) is 2.67. The number of anilines is 1. The second kappa shape index (κ2) is 5.57. The zero-order chi connectivity index (χ0) is 12.3. The minimum Gasteiger partial charge on any atom is -0.380 e. The summed E-state index contributed by atoms with van der Waals surface area (Å²) >= 11 is 7.27. The smallest absolute Gasteiger partial charge is 0.224 e. The van der Waals surface area contributed by atoms with E-state index in [1.165, 1.54) is 11.3 Å². The Labute approximate surface area is 108 Å². The van der Waals surface area contributed by atoms with Crippen LogP contribution >= 0.6 is 22.9 Å². The normalized spacial score (nSPS) is 11.0. The van der Waals surface area contributed by atoms with E-state index in [4.69, 9.17) is 16.3 Å². The third kappa shape index (κ3) is 3.02. The third-order valence-corrected chi connectivity index (χ3v) is 3.21. The van der Waals surface area contributed by atoms with Gasteiger partial charge in [0.1, 0.15) is 5.52 Å². The monoisotopic (exact) mass is 272 g/mol. The number of aryl methyl sites for hydroxylation is 1. The van der Waals surface area contributed by atoms with Crippen LogP contribution in [0.4, 0.5) is 5.13 Å². The number of fused-ring (bicyclic) bond motifs is 1. The molecular weight excluding hydrogens is 260 g/mol. The summed E-state index contributed by atoms with van der Waals surface area (Å²) in [4.78, 5) is 13.4. The Morgan fingerprint density at radius 2 is 2.18 bits per heavy atom. The molecule has 2 heterocycles. The van der Waals surface area contributed by atoms with Crippen molar-refractivity contribution in [2.75, 3.05) is 25.1 Å². The Balaban J connectivity index is 2.12. The van der Waals surface area contributed by atoms with Gasteiger partial charge in [-0.25, -0.2) is 15.0 Å². The van der Waals surface area contributed by atoms with Gasteiger partial charge in [-0.05, 0) is 25.4 Å². The third-order valence-electron chi connectivity index (χ3n) is 2.13. The van der Waals surface area contributed by atoms with Crippen molar-refractivity contribution < 1.29 is 4.74 Å². The molecule has 0 amide bonds. The summed E-state index contributed by atoms with van der Waals surface area (Å²) in [6, 6.07) is 0. The van der Waals surface area contributed by atoms with Crippen LogP contribution in [0.5, 0.6) is 0 Å². The number of hydrogen-bond acceptors (Lipinski definition) is 6. The minimum atomic E-state index is 0.263. The highest BCUT2D eigenvalue weighted by atomic mass is 35.5. The predicted molar refractivity (Wildman–Crippen MR) is 69.9 cm³/mol. The maximum atomic E-state index is 5.80. The second-order valence-electron chi connectivity index (χ2n) is 3.37. The molecule has 0 unspecified atom stereocenters. The fourth-order valence-corrected chi connectivity index (χ4v) is 2.55. The topological polar surface area (TPSA) is 59.9 Å². The second-order valence-corrected chi connectivity index (χ2v) is 4.69. The van der Waals surface area contributed by atoms with E-state index in [0.29, 0.717) is 6.61 Å². The van der Waals surface area contributed by atoms with E-state index in [9.17, 15) is 0 Å². The van der Waals surface area contributed by atoms with Gasteiger partial charge < -0.3 is 10.1 Å². The van der Waals surface area contributed by atoms with E-state index >= 15 is 0 Å². The first-order chi connectivity index (χ1) is 8.20. The summed E-state index contributed by atoms with van der Waals surface area (Å²) in [6.07, 6.45) is 0. The molecule has 5 nitrogen and oxygen atoms in total. The summed E-state index contributed by atoms with van der Waals surface area (Å²) in [5.74, 6) is 0. The van der Waals surface area contributed by atoms with Crippen LogP contribution in [0.1, 0.15) is 12.6 Å². The lowest BCUT2D eigenvalue weighted by molar-refractivity contribution is 0.158. The summed E-state index contributed by atoms with van der Waals surface area (Å²) in [7, 11) is 0. The molecule has 0 aliphatic carbocycles. The fourth-order valence-electron chi connectivity index (χ4n) is 1.37. The largest absolute Gasteiger partial charge is 0.380 e. The van der Waals surface area contributed by atoms with E-state index in [2.05, 4.69) is 20.3 Å². The first kappa shape index (κ1) is 12.5. The highest BCUT2D eigenvalue weighted by Crippen LogP contribution is 2.26. The van der Waals surface area contributed by atoms with Gasteiger partial charge in [-0.2, -0.15) is 0 Å². The lowest BCUT2D eigenvalue weighted by atomic mass is 10.4. The molecule has 0 spiro atoms. The van der Waals surface area contributed by atoms with Crippen molar-refractivity contribution in [1.82, 2.24) is 15.0 Å². The van der Waals surface area contributed by atoms with Crippen LogP contribution in [-0.2, 0) is 4.74 Å². The van der Waals surface area contributed by atoms with Crippen molar-refractivity contribution in [2.24, 2.45) is 0 Å². The molecular formula is C10H13ClN4OS. The van der Waals surface area contributed by atoms with E-state index in [0.717, 1.165) is 34.3 Å². The van der Waals surface area contributed by atoms with Gasteiger partial charge >= 0.3 is 0 Å². The van der Waals surface area contributed by atoms with E-state index in [1.807, 2.05) is 13.8 Å². The molecule has 0 aromatic carbocycles. The number of thiazole rings is 1. The molecule has 7 heteroatoms. The summed E-state index contributed by atoms with van der Waals surface area (Å²) < 4.78 is 5.24. The molecule has 0 bridgehead atoms. The van der Waals surface area contributed by atoms with Crippen LogP contribution in [-0.4, -0.2) is 34.7 Å². The molecule has 0 aliphatic heterocycles. The Morgan fingerprint density at radius 1 is 1.35 bits per heavy atom. The summed E-state index contributed by atoms with van der Waals surface area (Å²) in [6.45, 7) is 5.96. The van der Waals surface area contributed by atoms with Gasteiger partial charge in [0.2, 0.25) is 5.28 Å². The van der Waals surface area contributed by atoms with Crippen LogP contribution in [0.2, 0.25) is 5.28 Å². The molecule has 0 saturated heterocycles. The van der Waals surface area contributed by atoms with Crippen molar-refractivity contribution in [2.45, 2.75) is 13.8 Å². The average molecular weight is 273 g/mol. The van der Waals surface area contributed by atoms with Crippen LogP contribution in [0.15, 0.2) is 0 Å². The first-order valence-corrected chi connectivity index (χ1v) is 6.52. The van der Waals surface area contributed by atoms with Crippen molar-refractivity contribution in [3.63, 3.8) is 0 Å². The maximum absolute atomic E-state index is 5.80. The molecule has 2 rings (SSSR count). The van der Waals surface area contributed by atoms with Crippen LogP contribution in [0, 0.1) is 6.92 Å². The van der Waals surface area contributed by atoms with Gasteiger partial charge in [0.15, 0.2) is 9.96 Å². The molecule has 2 aromatic rings. The summed E-state index contributed by atoms with van der Waals surface area (Å²) in [5.41, 5.74) is 1.60. The Morgan fingerprint density at radius 3 is 2.94 bits per heavy atom. The van der Waals surface area contributed by atoms with E-state index in [-0.39, 0.29) is 5.28 Å². The number of halogens is 1. The van der Waals surface area contributed by atoms with Crippen molar-refractivity contribution >= 4 is 38.4 Å². The van der Waals surface area contributed by atoms with Gasteiger partial charge in [0.05, 0.1) is 12.3 Å². The number of hydrogen-bond donors (Lipinski definition) is 1. The number of ether oxygens (including phenoxy) is 1. The lowest BCUT2D eigenvalue weighted by Crippen LogP contribution is -2.08. The molecule has 0 aliphatic rings. The Bertz CT molecular complexity index is 516. The van der Waals surface area contributed by atoms with Crippen molar-refractivity contribution in [3.05, 3.63) is 11.0 Å². The Hall–Kier alpha value is -0.980. The van der Waals surface area contributed by atoms with Gasteiger partial charge in [-0.3, -0.25) is 0 Å². The number of nitrogens with one attached hydrogen (secondary N) is 1. The van der Waals surface area contributed by atoms with Gasteiger partial charge in [0, 0.05) is 13.2 Å². The van der Waals surface area contributed by atoms with Crippen molar-refractivity contribution in [3.8, 4) is 0 Å². The predicted octanol–water partition coefficient (Wildman–Crippen LogP) is 2.50. The zero-order valence-electron chi connectivity index (χ0n) is 9.66. The molecule has 0 atom stereocenters. The van der Waals surface area contributed by atoms with Crippen LogP contribution in [0.3, 0.4) is 0 Å². The summed E-state index contributed by atoms with van der Waals surface area (Å²) in [5, 5.41) is 4.27.